The van der Waals surface area contributed by atoms with Crippen LogP contribution < -0.4 is 4.74 Å². The van der Waals surface area contributed by atoms with Crippen molar-refractivity contribution in [1.82, 2.24) is 29.3 Å². The maximum absolute atomic E-state index is 13.5. The first kappa shape index (κ1) is 27.8. The first-order valence-electron chi connectivity index (χ1n) is 14.2. The number of piperidine rings is 1. The molecular weight excluding hydrogens is 480 g/mol. The molecule has 1 aromatic carbocycles. The van der Waals surface area contributed by atoms with Crippen LogP contribution in [0.25, 0.3) is 22.6 Å². The molecule has 1 saturated heterocycles. The van der Waals surface area contributed by atoms with Gasteiger partial charge in [0.1, 0.15) is 11.6 Å². The predicted molar refractivity (Wildman–Crippen MR) is 150 cm³/mol. The summed E-state index contributed by atoms with van der Waals surface area (Å²) in [6.45, 7) is 9.49. The Balaban J connectivity index is 1.70. The Bertz CT molecular complexity index is 1180. The van der Waals surface area contributed by atoms with Crippen molar-refractivity contribution in [2.75, 3.05) is 39.8 Å². The Morgan fingerprint density at radius 2 is 1.63 bits per heavy atom. The van der Waals surface area contributed by atoms with Gasteiger partial charge in [-0.25, -0.2) is 9.97 Å². The van der Waals surface area contributed by atoms with Crippen molar-refractivity contribution in [1.29, 1.82) is 0 Å². The molecule has 1 fully saturated rings. The first-order valence-corrected chi connectivity index (χ1v) is 14.2. The number of fused-ring (bicyclic) bond motifs is 1. The van der Waals surface area contributed by atoms with Crippen LogP contribution >= 0.6 is 0 Å². The van der Waals surface area contributed by atoms with Crippen molar-refractivity contribution in [3.05, 3.63) is 30.1 Å². The average molecular weight is 523 g/mol. The van der Waals surface area contributed by atoms with Gasteiger partial charge in [0.25, 0.3) is 5.91 Å². The van der Waals surface area contributed by atoms with Crippen molar-refractivity contribution >= 4 is 17.1 Å². The maximum Gasteiger partial charge on any atom is 0.291 e. The summed E-state index contributed by atoms with van der Waals surface area (Å²) in [4.78, 5) is 31.5. The average Bonchev–Trinajstić information content (AvgIpc) is 3.32. The van der Waals surface area contributed by atoms with Gasteiger partial charge in [0, 0.05) is 25.2 Å². The standard InChI is InChI=1S/C29H42N6O3/c1-4-6-19-34(20-7-5-2)29(37)25-31-27-24(28(36)32-25)30-26(22-12-14-23(38-3)15-13-22)35(27)21-11-18-33-16-9-8-10-17-33/h12-15H,4-11,16-21H2,1-3H3,(H,31,32,36). The van der Waals surface area contributed by atoms with Crippen molar-refractivity contribution in [3.63, 3.8) is 0 Å². The summed E-state index contributed by atoms with van der Waals surface area (Å²) >= 11 is 0. The summed E-state index contributed by atoms with van der Waals surface area (Å²) in [5, 5.41) is 10.9. The Morgan fingerprint density at radius 3 is 2.26 bits per heavy atom. The Labute approximate surface area is 225 Å². The molecule has 9 nitrogen and oxygen atoms in total. The van der Waals surface area contributed by atoms with Gasteiger partial charge in [0.05, 0.1) is 7.11 Å². The van der Waals surface area contributed by atoms with Crippen LogP contribution in [0.3, 0.4) is 0 Å². The highest BCUT2D eigenvalue weighted by Crippen LogP contribution is 2.30. The van der Waals surface area contributed by atoms with E-state index < -0.39 is 0 Å². The molecule has 1 aliphatic rings. The van der Waals surface area contributed by atoms with Gasteiger partial charge in [-0.1, -0.05) is 33.1 Å². The number of amides is 1. The van der Waals surface area contributed by atoms with Gasteiger partial charge in [0.2, 0.25) is 11.7 Å². The minimum absolute atomic E-state index is 0.0284. The molecule has 1 aliphatic heterocycles. The summed E-state index contributed by atoms with van der Waals surface area (Å²) in [5.41, 5.74) is 1.71. The van der Waals surface area contributed by atoms with Crippen molar-refractivity contribution in [2.24, 2.45) is 0 Å². The van der Waals surface area contributed by atoms with Crippen molar-refractivity contribution in [2.45, 2.75) is 71.8 Å². The zero-order chi connectivity index (χ0) is 26.9. The summed E-state index contributed by atoms with van der Waals surface area (Å²) in [7, 11) is 1.64. The number of aromatic hydroxyl groups is 1. The number of aromatic nitrogens is 4. The van der Waals surface area contributed by atoms with Crippen LogP contribution in [0.5, 0.6) is 11.6 Å². The van der Waals surface area contributed by atoms with E-state index in [1.165, 1.54) is 19.3 Å². The van der Waals surface area contributed by atoms with Crippen LogP contribution in [0.2, 0.25) is 0 Å². The lowest BCUT2D eigenvalue weighted by molar-refractivity contribution is 0.0738. The fourth-order valence-electron chi connectivity index (χ4n) is 5.04. The minimum atomic E-state index is -0.256. The molecule has 0 saturated carbocycles. The number of unbranched alkanes of at least 4 members (excludes halogenated alkanes) is 2. The van der Waals surface area contributed by atoms with Crippen molar-refractivity contribution < 1.29 is 14.6 Å². The van der Waals surface area contributed by atoms with E-state index in [0.29, 0.717) is 36.6 Å². The molecule has 4 rings (SSSR count). The SMILES string of the molecule is CCCCN(CCCC)C(=O)c1nc(O)c2nc(-c3ccc(OC)cc3)n(CCCN3CCCCC3)c2n1. The van der Waals surface area contributed by atoms with E-state index in [1.54, 1.807) is 7.11 Å². The normalized spacial score (nSPS) is 14.2. The summed E-state index contributed by atoms with van der Waals surface area (Å²) in [5.74, 6) is 0.992. The number of hydrogen-bond acceptors (Lipinski definition) is 7. The molecule has 0 bridgehead atoms. The minimum Gasteiger partial charge on any atom is -0.497 e. The van der Waals surface area contributed by atoms with Gasteiger partial charge in [0.15, 0.2) is 11.2 Å². The number of carbonyl (C=O) groups excluding carboxylic acids is 1. The molecule has 0 atom stereocenters. The number of ether oxygens (including phenoxy) is 1. The van der Waals surface area contributed by atoms with E-state index in [4.69, 9.17) is 14.7 Å². The van der Waals surface area contributed by atoms with E-state index in [1.807, 2.05) is 33.7 Å². The van der Waals surface area contributed by atoms with Crippen LogP contribution in [-0.4, -0.2) is 80.2 Å². The highest BCUT2D eigenvalue weighted by molar-refractivity contribution is 5.93. The van der Waals surface area contributed by atoms with Crippen LogP contribution in [0.4, 0.5) is 0 Å². The van der Waals surface area contributed by atoms with Crippen molar-refractivity contribution in [3.8, 4) is 23.0 Å². The third-order valence-electron chi connectivity index (χ3n) is 7.27. The van der Waals surface area contributed by atoms with E-state index in [0.717, 1.165) is 63.1 Å². The monoisotopic (exact) mass is 522 g/mol. The molecule has 3 aromatic rings. The summed E-state index contributed by atoms with van der Waals surface area (Å²) in [6.07, 6.45) is 8.56. The molecule has 2 aromatic heterocycles. The fraction of sp³-hybridized carbons (Fsp3) is 0.586. The van der Waals surface area contributed by atoms with Crippen LogP contribution in [0, 0.1) is 0 Å². The molecule has 1 N–H and O–H groups in total. The molecule has 1 amide bonds. The summed E-state index contributed by atoms with van der Waals surface area (Å²) < 4.78 is 7.36. The quantitative estimate of drug-likeness (QED) is 0.333. The number of rotatable bonds is 13. The zero-order valence-electron chi connectivity index (χ0n) is 23.2. The van der Waals surface area contributed by atoms with E-state index in [2.05, 4.69) is 23.7 Å². The van der Waals surface area contributed by atoms with Crippen LogP contribution in [0.15, 0.2) is 24.3 Å². The molecule has 0 radical (unpaired) electrons. The molecule has 206 valence electrons. The molecule has 9 heteroatoms. The number of carbonyl (C=O) groups is 1. The fourth-order valence-corrected chi connectivity index (χ4v) is 5.04. The second-order valence-corrected chi connectivity index (χ2v) is 10.1. The Morgan fingerprint density at radius 1 is 0.947 bits per heavy atom. The lowest BCUT2D eigenvalue weighted by Crippen LogP contribution is -2.34. The second-order valence-electron chi connectivity index (χ2n) is 10.1. The first-order chi connectivity index (χ1) is 18.5. The third kappa shape index (κ3) is 6.62. The number of nitrogens with zero attached hydrogens (tertiary/aromatic N) is 6. The number of methoxy groups -OCH3 is 1. The van der Waals surface area contributed by atoms with Gasteiger partial charge < -0.3 is 24.2 Å². The van der Waals surface area contributed by atoms with Gasteiger partial charge in [-0.3, -0.25) is 4.79 Å². The molecule has 0 unspecified atom stereocenters. The van der Waals surface area contributed by atoms with Gasteiger partial charge >= 0.3 is 0 Å². The number of likely N-dealkylation sites (tertiary alicyclic amines) is 1. The van der Waals surface area contributed by atoms with E-state index in [-0.39, 0.29) is 17.6 Å². The summed E-state index contributed by atoms with van der Waals surface area (Å²) in [6, 6.07) is 7.70. The molecule has 38 heavy (non-hydrogen) atoms. The third-order valence-corrected chi connectivity index (χ3v) is 7.27. The van der Waals surface area contributed by atoms with E-state index >= 15 is 0 Å². The highest BCUT2D eigenvalue weighted by Gasteiger charge is 2.24. The molecular formula is C29H42N6O3. The zero-order valence-corrected chi connectivity index (χ0v) is 23.2. The van der Waals surface area contributed by atoms with Gasteiger partial charge in [-0.15, -0.1) is 0 Å². The topological polar surface area (TPSA) is 96.6 Å². The van der Waals surface area contributed by atoms with Crippen LogP contribution in [-0.2, 0) is 6.54 Å². The second kappa shape index (κ2) is 13.6. The van der Waals surface area contributed by atoms with Gasteiger partial charge in [-0.2, -0.15) is 4.98 Å². The number of aryl methyl sites for hydroxylation is 1. The number of benzene rings is 1. The van der Waals surface area contributed by atoms with E-state index in [9.17, 15) is 9.90 Å². The number of imidazole rings is 1. The van der Waals surface area contributed by atoms with Gasteiger partial charge in [-0.05, 0) is 76.0 Å². The number of hydrogen-bond donors (Lipinski definition) is 1. The predicted octanol–water partition coefficient (Wildman–Crippen LogP) is 5.13. The molecule has 3 heterocycles. The lowest BCUT2D eigenvalue weighted by Gasteiger charge is -2.26. The maximum atomic E-state index is 13.5. The Hall–Kier alpha value is -3.20. The Kier molecular flexibility index (Phi) is 9.92. The smallest absolute Gasteiger partial charge is 0.291 e. The lowest BCUT2D eigenvalue weighted by atomic mass is 10.1. The highest BCUT2D eigenvalue weighted by atomic mass is 16.5. The largest absolute Gasteiger partial charge is 0.497 e. The van der Waals surface area contributed by atoms with Crippen LogP contribution in [0.1, 0.15) is 75.8 Å². The molecule has 0 aliphatic carbocycles. The molecule has 0 spiro atoms.